The minimum atomic E-state index is -1.02. The molecule has 1 unspecified atom stereocenters. The number of halogens is 2. The summed E-state index contributed by atoms with van der Waals surface area (Å²) in [7, 11) is 0. The second-order valence-electron chi connectivity index (χ2n) is 5.86. The number of benzene rings is 1. The van der Waals surface area contributed by atoms with Crippen LogP contribution in [0.25, 0.3) is 0 Å². The number of nitrogens with one attached hydrogen (secondary N) is 2. The van der Waals surface area contributed by atoms with Gasteiger partial charge in [0.2, 0.25) is 0 Å². The maximum atomic E-state index is 13.4. The molecule has 1 aromatic rings. The average Bonchev–Trinajstić information content (AvgIpc) is 2.38. The number of carbonyl (C=O) groups is 1. The van der Waals surface area contributed by atoms with Crippen LogP contribution >= 0.6 is 0 Å². The van der Waals surface area contributed by atoms with E-state index in [9.17, 15) is 18.7 Å². The van der Waals surface area contributed by atoms with Crippen molar-refractivity contribution in [1.29, 1.82) is 0 Å². The van der Waals surface area contributed by atoms with Crippen LogP contribution in [0.4, 0.5) is 19.3 Å². The van der Waals surface area contributed by atoms with E-state index in [1.54, 1.807) is 6.92 Å². The third-order valence-electron chi connectivity index (χ3n) is 3.07. The Morgan fingerprint density at radius 1 is 1.38 bits per heavy atom. The van der Waals surface area contributed by atoms with Gasteiger partial charge in [-0.15, -0.1) is 0 Å². The van der Waals surface area contributed by atoms with Gasteiger partial charge in [0.1, 0.15) is 11.6 Å². The number of hydrogen-bond donors (Lipinski definition) is 3. The van der Waals surface area contributed by atoms with Gasteiger partial charge in [-0.25, -0.2) is 13.6 Å². The topological polar surface area (TPSA) is 61.4 Å². The molecule has 1 atom stereocenters. The maximum absolute atomic E-state index is 13.4. The highest BCUT2D eigenvalue weighted by atomic mass is 19.1. The van der Waals surface area contributed by atoms with Crippen molar-refractivity contribution in [3.63, 3.8) is 0 Å². The normalized spacial score (nSPS) is 13.9. The summed E-state index contributed by atoms with van der Waals surface area (Å²) in [5.41, 5.74) is -1.14. The van der Waals surface area contributed by atoms with Crippen LogP contribution in [0.2, 0.25) is 0 Å². The summed E-state index contributed by atoms with van der Waals surface area (Å²) in [6, 6.07) is 2.23. The second kappa shape index (κ2) is 7.36. The minimum absolute atomic E-state index is 0.0500. The Morgan fingerprint density at radius 2 is 2.05 bits per heavy atom. The first-order chi connectivity index (χ1) is 9.69. The van der Waals surface area contributed by atoms with E-state index in [4.69, 9.17) is 0 Å². The van der Waals surface area contributed by atoms with Crippen molar-refractivity contribution in [3.8, 4) is 0 Å². The van der Waals surface area contributed by atoms with Crippen LogP contribution in [-0.2, 0) is 0 Å². The number of carbonyl (C=O) groups excluding carboxylic acids is 1. The number of anilines is 1. The molecule has 0 fully saturated rings. The molecule has 6 heteroatoms. The van der Waals surface area contributed by atoms with E-state index in [2.05, 4.69) is 10.6 Å². The SMILES string of the molecule is CC(C)CCC(C)(O)CNC(=O)Nc1ccc(F)cc1F. The molecule has 0 saturated heterocycles. The molecule has 0 bridgehead atoms. The number of urea groups is 1. The first-order valence-electron chi connectivity index (χ1n) is 6.92. The molecule has 1 rings (SSSR count). The van der Waals surface area contributed by atoms with Crippen LogP contribution in [0.1, 0.15) is 33.6 Å². The van der Waals surface area contributed by atoms with Crippen molar-refractivity contribution in [2.45, 2.75) is 39.2 Å². The van der Waals surface area contributed by atoms with E-state index in [-0.39, 0.29) is 12.2 Å². The van der Waals surface area contributed by atoms with Gasteiger partial charge in [-0.3, -0.25) is 0 Å². The molecule has 0 aromatic heterocycles. The van der Waals surface area contributed by atoms with Gasteiger partial charge in [0, 0.05) is 12.6 Å². The smallest absolute Gasteiger partial charge is 0.319 e. The van der Waals surface area contributed by atoms with Crippen molar-refractivity contribution in [3.05, 3.63) is 29.8 Å². The molecular weight excluding hydrogens is 278 g/mol. The quantitative estimate of drug-likeness (QED) is 0.755. The van der Waals surface area contributed by atoms with Gasteiger partial charge in [0.25, 0.3) is 0 Å². The Morgan fingerprint density at radius 3 is 2.62 bits per heavy atom. The van der Waals surface area contributed by atoms with Gasteiger partial charge in [-0.2, -0.15) is 0 Å². The van der Waals surface area contributed by atoms with Crippen LogP contribution in [-0.4, -0.2) is 23.3 Å². The fraction of sp³-hybridized carbons (Fsp3) is 0.533. The molecule has 4 nitrogen and oxygen atoms in total. The molecule has 1 aromatic carbocycles. The lowest BCUT2D eigenvalue weighted by atomic mass is 9.95. The summed E-state index contributed by atoms with van der Waals surface area (Å²) in [6.45, 7) is 5.78. The number of aliphatic hydroxyl groups is 1. The third kappa shape index (κ3) is 6.53. The molecule has 118 valence electrons. The van der Waals surface area contributed by atoms with E-state index in [1.807, 2.05) is 13.8 Å². The Kier molecular flexibility index (Phi) is 6.08. The highest BCUT2D eigenvalue weighted by molar-refractivity contribution is 5.89. The average molecular weight is 300 g/mol. The van der Waals surface area contributed by atoms with Gasteiger partial charge < -0.3 is 15.7 Å². The predicted octanol–water partition coefficient (Wildman–Crippen LogP) is 3.27. The Bertz CT molecular complexity index is 491. The lowest BCUT2D eigenvalue weighted by Crippen LogP contribution is -2.42. The van der Waals surface area contributed by atoms with Crippen LogP contribution < -0.4 is 10.6 Å². The van der Waals surface area contributed by atoms with Gasteiger partial charge in [0.15, 0.2) is 0 Å². The molecule has 0 spiro atoms. The van der Waals surface area contributed by atoms with Crippen molar-refractivity contribution in [2.75, 3.05) is 11.9 Å². The van der Waals surface area contributed by atoms with Crippen molar-refractivity contribution in [2.24, 2.45) is 5.92 Å². The van der Waals surface area contributed by atoms with Crippen molar-refractivity contribution < 1.29 is 18.7 Å². The summed E-state index contributed by atoms with van der Waals surface area (Å²) < 4.78 is 26.1. The van der Waals surface area contributed by atoms with Crippen molar-refractivity contribution in [1.82, 2.24) is 5.32 Å². The number of hydrogen-bond acceptors (Lipinski definition) is 2. The molecular formula is C15H22F2N2O2. The fourth-order valence-electron chi connectivity index (χ4n) is 1.72. The lowest BCUT2D eigenvalue weighted by molar-refractivity contribution is 0.0481. The predicted molar refractivity (Wildman–Crippen MR) is 78.1 cm³/mol. The largest absolute Gasteiger partial charge is 0.388 e. The van der Waals surface area contributed by atoms with E-state index < -0.39 is 23.3 Å². The molecule has 2 amide bonds. The fourth-order valence-corrected chi connectivity index (χ4v) is 1.72. The van der Waals surface area contributed by atoms with Gasteiger partial charge >= 0.3 is 6.03 Å². The van der Waals surface area contributed by atoms with E-state index >= 15 is 0 Å². The van der Waals surface area contributed by atoms with Gasteiger partial charge in [-0.1, -0.05) is 13.8 Å². The highest BCUT2D eigenvalue weighted by Gasteiger charge is 2.21. The standard InChI is InChI=1S/C15H22F2N2O2/c1-10(2)6-7-15(3,21)9-18-14(20)19-13-5-4-11(16)8-12(13)17/h4-5,8,10,21H,6-7,9H2,1-3H3,(H2,18,19,20). The molecule has 0 aliphatic rings. The summed E-state index contributed by atoms with van der Waals surface area (Å²) in [5, 5.41) is 14.9. The van der Waals surface area contributed by atoms with E-state index in [0.29, 0.717) is 18.4 Å². The van der Waals surface area contributed by atoms with Crippen LogP contribution in [0, 0.1) is 17.6 Å². The molecule has 3 N–H and O–H groups in total. The third-order valence-corrected chi connectivity index (χ3v) is 3.07. The molecule has 0 radical (unpaired) electrons. The zero-order chi connectivity index (χ0) is 16.0. The zero-order valence-electron chi connectivity index (χ0n) is 12.5. The Balaban J connectivity index is 2.46. The summed E-state index contributed by atoms with van der Waals surface area (Å²) in [4.78, 5) is 11.6. The molecule has 21 heavy (non-hydrogen) atoms. The van der Waals surface area contributed by atoms with E-state index in [1.165, 1.54) is 0 Å². The Labute approximate surface area is 123 Å². The van der Waals surface area contributed by atoms with Gasteiger partial charge in [0.05, 0.1) is 11.3 Å². The molecule has 0 aliphatic carbocycles. The molecule has 0 saturated carbocycles. The Hall–Kier alpha value is -1.69. The molecule has 0 aliphatic heterocycles. The molecule has 0 heterocycles. The number of rotatable bonds is 6. The van der Waals surface area contributed by atoms with E-state index in [0.717, 1.165) is 18.6 Å². The zero-order valence-corrected chi connectivity index (χ0v) is 12.5. The first kappa shape index (κ1) is 17.4. The maximum Gasteiger partial charge on any atom is 0.319 e. The minimum Gasteiger partial charge on any atom is -0.388 e. The number of amides is 2. The van der Waals surface area contributed by atoms with Crippen LogP contribution in [0.15, 0.2) is 18.2 Å². The monoisotopic (exact) mass is 300 g/mol. The first-order valence-corrected chi connectivity index (χ1v) is 6.92. The summed E-state index contributed by atoms with van der Waals surface area (Å²) >= 11 is 0. The van der Waals surface area contributed by atoms with Crippen LogP contribution in [0.5, 0.6) is 0 Å². The van der Waals surface area contributed by atoms with Crippen molar-refractivity contribution >= 4 is 11.7 Å². The summed E-state index contributed by atoms with van der Waals surface area (Å²) in [6.07, 6.45) is 1.39. The second-order valence-corrected chi connectivity index (χ2v) is 5.86. The van der Waals surface area contributed by atoms with Crippen LogP contribution in [0.3, 0.4) is 0 Å². The summed E-state index contributed by atoms with van der Waals surface area (Å²) in [5.74, 6) is -1.11. The van der Waals surface area contributed by atoms with Gasteiger partial charge in [-0.05, 0) is 37.8 Å². The highest BCUT2D eigenvalue weighted by Crippen LogP contribution is 2.16. The lowest BCUT2D eigenvalue weighted by Gasteiger charge is -2.24.